The zero-order valence-corrected chi connectivity index (χ0v) is 10.2. The monoisotopic (exact) mass is 258 g/mol. The fourth-order valence-corrected chi connectivity index (χ4v) is 2.34. The molecule has 0 aliphatic rings. The van der Waals surface area contributed by atoms with Crippen LogP contribution in [0, 0.1) is 0 Å². The highest BCUT2D eigenvalue weighted by atomic mass is 32.2. The van der Waals surface area contributed by atoms with E-state index >= 15 is 0 Å². The number of nitrogens with one attached hydrogen (secondary N) is 1. The van der Waals surface area contributed by atoms with Crippen LogP contribution in [0.3, 0.4) is 0 Å². The summed E-state index contributed by atoms with van der Waals surface area (Å²) < 4.78 is 5.53. The van der Waals surface area contributed by atoms with E-state index in [0.717, 1.165) is 11.1 Å². The van der Waals surface area contributed by atoms with Crippen LogP contribution >= 0.6 is 11.8 Å². The number of ketones is 1. The lowest BCUT2D eigenvalue weighted by Gasteiger charge is -1.94. The van der Waals surface area contributed by atoms with E-state index < -0.39 is 0 Å². The molecular weight excluding hydrogens is 248 g/mol. The molecule has 0 bridgehead atoms. The fraction of sp³-hybridized carbons (Fsp3) is 0.0769. The van der Waals surface area contributed by atoms with E-state index in [0.29, 0.717) is 16.7 Å². The number of nitrogens with zero attached hydrogens (tertiary/aromatic N) is 1. The number of carbonyl (C=O) groups excluding carboxylic acids is 1. The predicted octanol–water partition coefficient (Wildman–Crippen LogP) is 3.13. The summed E-state index contributed by atoms with van der Waals surface area (Å²) in [6, 6.07) is 11.1. The standard InChI is InChI=1S/C13H10N2O2S/c16-11(9-5-3-7-14-9)8-18-13-15-10-4-1-2-6-12(10)17-13/h1-7,14H,8H2. The van der Waals surface area contributed by atoms with Gasteiger partial charge in [-0.3, -0.25) is 4.79 Å². The highest BCUT2D eigenvalue weighted by Crippen LogP contribution is 2.23. The minimum Gasteiger partial charge on any atom is -0.431 e. The molecule has 0 spiro atoms. The number of Topliss-reactive ketones (excluding diaryl/α,β-unsaturated/α-hetero) is 1. The first-order valence-electron chi connectivity index (χ1n) is 5.48. The minimum absolute atomic E-state index is 0.0345. The summed E-state index contributed by atoms with van der Waals surface area (Å²) >= 11 is 1.31. The fourth-order valence-electron chi connectivity index (χ4n) is 1.62. The van der Waals surface area contributed by atoms with Gasteiger partial charge in [-0.25, -0.2) is 4.98 Å². The lowest BCUT2D eigenvalue weighted by Crippen LogP contribution is -2.02. The number of oxazole rings is 1. The largest absolute Gasteiger partial charge is 0.431 e. The van der Waals surface area contributed by atoms with Gasteiger partial charge in [-0.2, -0.15) is 0 Å². The van der Waals surface area contributed by atoms with Crippen molar-refractivity contribution in [2.24, 2.45) is 0 Å². The summed E-state index contributed by atoms with van der Waals surface area (Å²) in [5.74, 6) is 0.347. The van der Waals surface area contributed by atoms with Gasteiger partial charge in [0.25, 0.3) is 5.22 Å². The van der Waals surface area contributed by atoms with Gasteiger partial charge >= 0.3 is 0 Å². The number of rotatable bonds is 4. The second-order valence-electron chi connectivity index (χ2n) is 3.74. The smallest absolute Gasteiger partial charge is 0.257 e. The minimum atomic E-state index is 0.0345. The van der Waals surface area contributed by atoms with Gasteiger partial charge in [0.1, 0.15) is 5.52 Å². The second kappa shape index (κ2) is 4.70. The van der Waals surface area contributed by atoms with Crippen LogP contribution in [0.2, 0.25) is 0 Å². The number of fused-ring (bicyclic) bond motifs is 1. The first kappa shape index (κ1) is 11.1. The predicted molar refractivity (Wildman–Crippen MR) is 69.9 cm³/mol. The number of benzene rings is 1. The van der Waals surface area contributed by atoms with E-state index in [1.54, 1.807) is 18.3 Å². The topological polar surface area (TPSA) is 58.9 Å². The van der Waals surface area contributed by atoms with Crippen molar-refractivity contribution in [2.75, 3.05) is 5.75 Å². The lowest BCUT2D eigenvalue weighted by molar-refractivity contribution is 0.101. The molecule has 4 nitrogen and oxygen atoms in total. The molecule has 1 N–H and O–H groups in total. The third kappa shape index (κ3) is 2.17. The van der Waals surface area contributed by atoms with Crippen molar-refractivity contribution in [3.63, 3.8) is 0 Å². The molecule has 0 fully saturated rings. The van der Waals surface area contributed by atoms with Crippen LogP contribution in [-0.2, 0) is 0 Å². The summed E-state index contributed by atoms with van der Waals surface area (Å²) in [4.78, 5) is 19.0. The van der Waals surface area contributed by atoms with Crippen LogP contribution in [0.5, 0.6) is 0 Å². The third-order valence-corrected chi connectivity index (χ3v) is 3.33. The quantitative estimate of drug-likeness (QED) is 0.577. The second-order valence-corrected chi connectivity index (χ2v) is 4.67. The summed E-state index contributed by atoms with van der Waals surface area (Å²) in [7, 11) is 0. The zero-order chi connectivity index (χ0) is 12.4. The summed E-state index contributed by atoms with van der Waals surface area (Å²) in [5, 5.41) is 0.524. The van der Waals surface area contributed by atoms with Crippen LogP contribution in [-0.4, -0.2) is 21.5 Å². The molecule has 90 valence electrons. The van der Waals surface area contributed by atoms with Crippen molar-refractivity contribution in [1.29, 1.82) is 0 Å². The van der Waals surface area contributed by atoms with E-state index in [9.17, 15) is 4.79 Å². The van der Waals surface area contributed by atoms with Gasteiger partial charge in [0.2, 0.25) is 0 Å². The normalized spacial score (nSPS) is 10.9. The highest BCUT2D eigenvalue weighted by Gasteiger charge is 2.10. The van der Waals surface area contributed by atoms with Crippen LogP contribution in [0.1, 0.15) is 10.5 Å². The van der Waals surface area contributed by atoms with Gasteiger partial charge in [0.15, 0.2) is 11.4 Å². The first-order chi connectivity index (χ1) is 8.83. The maximum absolute atomic E-state index is 11.8. The molecule has 3 rings (SSSR count). The Bertz CT molecular complexity index is 640. The molecule has 0 radical (unpaired) electrons. The SMILES string of the molecule is O=C(CSc1nc2ccccc2o1)c1ccc[nH]1. The average molecular weight is 258 g/mol. The number of H-pyrrole nitrogens is 1. The molecule has 5 heteroatoms. The number of aromatic amines is 1. The van der Waals surface area contributed by atoms with Gasteiger partial charge in [-0.15, -0.1) is 0 Å². The molecule has 0 aliphatic carbocycles. The van der Waals surface area contributed by atoms with Gasteiger partial charge in [0, 0.05) is 6.20 Å². The Balaban J connectivity index is 1.71. The molecule has 2 aromatic heterocycles. The lowest BCUT2D eigenvalue weighted by atomic mass is 10.3. The molecule has 0 aliphatic heterocycles. The average Bonchev–Trinajstić information content (AvgIpc) is 3.04. The van der Waals surface area contributed by atoms with E-state index in [1.165, 1.54) is 11.8 Å². The van der Waals surface area contributed by atoms with Crippen molar-refractivity contribution in [2.45, 2.75) is 5.22 Å². The first-order valence-corrected chi connectivity index (χ1v) is 6.46. The molecule has 3 aromatic rings. The van der Waals surface area contributed by atoms with Crippen molar-refractivity contribution >= 4 is 28.6 Å². The Morgan fingerprint density at radius 2 is 2.17 bits per heavy atom. The number of thioether (sulfide) groups is 1. The summed E-state index contributed by atoms with van der Waals surface area (Å²) in [6.45, 7) is 0. The number of para-hydroxylation sites is 2. The van der Waals surface area contributed by atoms with Crippen LogP contribution < -0.4 is 0 Å². The molecule has 0 atom stereocenters. The van der Waals surface area contributed by atoms with Crippen LogP contribution in [0.15, 0.2) is 52.2 Å². The van der Waals surface area contributed by atoms with Crippen molar-refractivity contribution in [3.05, 3.63) is 48.3 Å². The number of hydrogen-bond acceptors (Lipinski definition) is 4. The molecule has 0 amide bonds. The van der Waals surface area contributed by atoms with Crippen molar-refractivity contribution < 1.29 is 9.21 Å². The molecule has 0 unspecified atom stereocenters. The number of aromatic nitrogens is 2. The molecule has 18 heavy (non-hydrogen) atoms. The van der Waals surface area contributed by atoms with Crippen molar-refractivity contribution in [3.8, 4) is 0 Å². The molecular formula is C13H10N2O2S. The maximum atomic E-state index is 11.8. The molecule has 0 saturated carbocycles. The van der Waals surface area contributed by atoms with Crippen molar-refractivity contribution in [1.82, 2.24) is 9.97 Å². The van der Waals surface area contributed by atoms with Crippen LogP contribution in [0.25, 0.3) is 11.1 Å². The Morgan fingerprint density at radius 1 is 1.28 bits per heavy atom. The maximum Gasteiger partial charge on any atom is 0.257 e. The number of hydrogen-bond donors (Lipinski definition) is 1. The molecule has 1 aromatic carbocycles. The Labute approximate surface area is 107 Å². The van der Waals surface area contributed by atoms with E-state index in [4.69, 9.17) is 4.42 Å². The zero-order valence-electron chi connectivity index (χ0n) is 9.42. The molecule has 0 saturated heterocycles. The third-order valence-electron chi connectivity index (χ3n) is 2.50. The van der Waals surface area contributed by atoms with E-state index in [2.05, 4.69) is 9.97 Å². The Morgan fingerprint density at radius 3 is 2.94 bits per heavy atom. The Hall–Kier alpha value is -2.01. The van der Waals surface area contributed by atoms with E-state index in [1.807, 2.05) is 24.3 Å². The summed E-state index contributed by atoms with van der Waals surface area (Å²) in [6.07, 6.45) is 1.73. The summed E-state index contributed by atoms with van der Waals surface area (Å²) in [5.41, 5.74) is 2.17. The highest BCUT2D eigenvalue weighted by molar-refractivity contribution is 7.99. The molecule has 2 heterocycles. The number of carbonyl (C=O) groups is 1. The van der Waals surface area contributed by atoms with E-state index in [-0.39, 0.29) is 5.78 Å². The van der Waals surface area contributed by atoms with Gasteiger partial charge in [-0.1, -0.05) is 23.9 Å². The van der Waals surface area contributed by atoms with Crippen LogP contribution in [0.4, 0.5) is 0 Å². The Kier molecular flexibility index (Phi) is 2.90. The van der Waals surface area contributed by atoms with Gasteiger partial charge in [0.05, 0.1) is 11.4 Å². The van der Waals surface area contributed by atoms with Gasteiger partial charge in [-0.05, 0) is 24.3 Å². The van der Waals surface area contributed by atoms with Gasteiger partial charge < -0.3 is 9.40 Å².